The van der Waals surface area contributed by atoms with Gasteiger partial charge in [-0.15, -0.1) is 23.1 Å². The minimum Gasteiger partial charge on any atom is -0.298 e. The summed E-state index contributed by atoms with van der Waals surface area (Å²) in [7, 11) is 0. The summed E-state index contributed by atoms with van der Waals surface area (Å²) >= 11 is 5.57. The fourth-order valence-electron chi connectivity index (χ4n) is 1.97. The van der Waals surface area contributed by atoms with Crippen molar-refractivity contribution in [1.82, 2.24) is 0 Å². The fraction of sp³-hybridized carbons (Fsp3) is 0.615. The number of aryl methyl sites for hydroxylation is 1. The van der Waals surface area contributed by atoms with Crippen LogP contribution >= 0.6 is 34.9 Å². The van der Waals surface area contributed by atoms with Gasteiger partial charge in [0, 0.05) is 32.9 Å². The highest BCUT2D eigenvalue weighted by molar-refractivity contribution is 8.07. The molecule has 2 rings (SSSR count). The van der Waals surface area contributed by atoms with Gasteiger partial charge >= 0.3 is 0 Å². The summed E-state index contributed by atoms with van der Waals surface area (Å²) < 4.78 is 0. The molecule has 1 aromatic rings. The molecule has 0 saturated carbocycles. The predicted octanol–water partition coefficient (Wildman–Crippen LogP) is 3.66. The molecule has 0 N–H and O–H groups in total. The van der Waals surface area contributed by atoms with E-state index in [-0.39, 0.29) is 5.25 Å². The molecular formula is C13H18OS3. The van der Waals surface area contributed by atoms with Crippen LogP contribution in [0.1, 0.15) is 23.6 Å². The topological polar surface area (TPSA) is 17.1 Å². The molecule has 0 aliphatic carbocycles. The van der Waals surface area contributed by atoms with Crippen LogP contribution in [0.15, 0.2) is 12.1 Å². The third-order valence-electron chi connectivity index (χ3n) is 2.92. The van der Waals surface area contributed by atoms with E-state index in [4.69, 9.17) is 0 Å². The zero-order valence-electron chi connectivity index (χ0n) is 10.3. The van der Waals surface area contributed by atoms with Crippen molar-refractivity contribution >= 4 is 40.6 Å². The number of carbonyl (C=O) groups is 1. The average Bonchev–Trinajstić information content (AvgIpc) is 2.77. The van der Waals surface area contributed by atoms with Gasteiger partial charge in [0.15, 0.2) is 5.78 Å². The number of Topliss-reactive ketones (excluding diaryl/α,β-unsaturated/α-hetero) is 1. The highest BCUT2D eigenvalue weighted by Gasteiger charge is 2.28. The van der Waals surface area contributed by atoms with E-state index in [0.717, 1.165) is 12.2 Å². The molecular weight excluding hydrogens is 268 g/mol. The Labute approximate surface area is 116 Å². The Kier molecular flexibility index (Phi) is 5.00. The molecule has 1 fully saturated rings. The summed E-state index contributed by atoms with van der Waals surface area (Å²) in [5.41, 5.74) is 0. The summed E-state index contributed by atoms with van der Waals surface area (Å²) in [6.07, 6.45) is 1.70. The minimum atomic E-state index is 0.209. The zero-order valence-corrected chi connectivity index (χ0v) is 12.7. The molecule has 1 aliphatic rings. The molecule has 0 amide bonds. The van der Waals surface area contributed by atoms with Gasteiger partial charge in [0.25, 0.3) is 0 Å². The van der Waals surface area contributed by atoms with Crippen LogP contribution in [0.3, 0.4) is 0 Å². The van der Waals surface area contributed by atoms with Crippen LogP contribution in [0.5, 0.6) is 0 Å². The second-order valence-electron chi connectivity index (χ2n) is 4.23. The van der Waals surface area contributed by atoms with Gasteiger partial charge in [-0.1, -0.05) is 13.8 Å². The van der Waals surface area contributed by atoms with Gasteiger partial charge in [0.2, 0.25) is 0 Å². The summed E-state index contributed by atoms with van der Waals surface area (Å²) in [5, 5.41) is 0.688. The van der Waals surface area contributed by atoms with Gasteiger partial charge in [0.05, 0.1) is 5.25 Å². The average molecular weight is 286 g/mol. The number of thioether (sulfide) groups is 2. The number of rotatable bonds is 4. The predicted molar refractivity (Wildman–Crippen MR) is 80.6 cm³/mol. The first kappa shape index (κ1) is 13.5. The van der Waals surface area contributed by atoms with E-state index in [0.29, 0.717) is 17.5 Å². The molecule has 1 aromatic heterocycles. The lowest BCUT2D eigenvalue weighted by Crippen LogP contribution is -2.32. The summed E-state index contributed by atoms with van der Waals surface area (Å²) in [6.45, 7) is 4.35. The monoisotopic (exact) mass is 286 g/mol. The zero-order chi connectivity index (χ0) is 12.3. The molecule has 17 heavy (non-hydrogen) atoms. The Hall–Kier alpha value is 0.0700. The van der Waals surface area contributed by atoms with E-state index in [2.05, 4.69) is 26.0 Å². The molecule has 0 radical (unpaired) electrons. The van der Waals surface area contributed by atoms with Crippen molar-refractivity contribution in [3.63, 3.8) is 0 Å². The van der Waals surface area contributed by atoms with E-state index >= 15 is 0 Å². The second kappa shape index (κ2) is 6.30. The highest BCUT2D eigenvalue weighted by atomic mass is 32.2. The Morgan fingerprint density at radius 2 is 2.00 bits per heavy atom. The quantitative estimate of drug-likeness (QED) is 0.841. The normalized spacial score (nSPS) is 24.8. The van der Waals surface area contributed by atoms with E-state index in [1.165, 1.54) is 15.5 Å². The van der Waals surface area contributed by atoms with Crippen LogP contribution in [0.25, 0.3) is 0 Å². The molecule has 1 saturated heterocycles. The molecule has 0 aromatic carbocycles. The van der Waals surface area contributed by atoms with Crippen molar-refractivity contribution in [2.45, 2.75) is 37.2 Å². The third-order valence-corrected chi connectivity index (χ3v) is 7.29. The largest absolute Gasteiger partial charge is 0.298 e. The van der Waals surface area contributed by atoms with Gasteiger partial charge in [0.1, 0.15) is 0 Å². The summed E-state index contributed by atoms with van der Waals surface area (Å²) in [4.78, 5) is 14.9. The second-order valence-corrected chi connectivity index (χ2v) is 8.22. The summed E-state index contributed by atoms with van der Waals surface area (Å²) in [5.74, 6) is 2.73. The van der Waals surface area contributed by atoms with Crippen LogP contribution in [-0.2, 0) is 17.6 Å². The SMILES string of the molecule is CCc1ccc(CC(=O)C2SCCSC2C)s1. The van der Waals surface area contributed by atoms with Crippen LogP contribution in [0.4, 0.5) is 0 Å². The number of hydrogen-bond donors (Lipinski definition) is 0. The fourth-order valence-corrected chi connectivity index (χ4v) is 5.67. The minimum absolute atomic E-state index is 0.209. The van der Waals surface area contributed by atoms with Gasteiger partial charge < -0.3 is 0 Å². The maximum atomic E-state index is 12.2. The highest BCUT2D eigenvalue weighted by Crippen LogP contribution is 2.32. The lowest BCUT2D eigenvalue weighted by atomic mass is 10.1. The first-order valence-electron chi connectivity index (χ1n) is 6.04. The van der Waals surface area contributed by atoms with E-state index in [1.807, 2.05) is 23.5 Å². The first-order chi connectivity index (χ1) is 8.20. The number of hydrogen-bond acceptors (Lipinski definition) is 4. The number of carbonyl (C=O) groups excluding carboxylic acids is 1. The maximum absolute atomic E-state index is 12.2. The molecule has 1 nitrogen and oxygen atoms in total. The smallest absolute Gasteiger partial charge is 0.152 e. The Morgan fingerprint density at radius 1 is 1.29 bits per heavy atom. The van der Waals surface area contributed by atoms with E-state index in [9.17, 15) is 4.79 Å². The Bertz CT molecular complexity index is 386. The van der Waals surface area contributed by atoms with Crippen molar-refractivity contribution < 1.29 is 4.79 Å². The third kappa shape index (κ3) is 3.52. The van der Waals surface area contributed by atoms with Crippen molar-refractivity contribution in [2.75, 3.05) is 11.5 Å². The number of ketones is 1. The van der Waals surface area contributed by atoms with E-state index < -0.39 is 0 Å². The maximum Gasteiger partial charge on any atom is 0.152 e. The van der Waals surface area contributed by atoms with Gasteiger partial charge in [-0.05, 0) is 18.6 Å². The van der Waals surface area contributed by atoms with Crippen molar-refractivity contribution in [2.24, 2.45) is 0 Å². The number of thiophene rings is 1. The van der Waals surface area contributed by atoms with Crippen molar-refractivity contribution in [3.05, 3.63) is 21.9 Å². The van der Waals surface area contributed by atoms with Gasteiger partial charge in [-0.25, -0.2) is 0 Å². The Balaban J connectivity index is 1.95. The van der Waals surface area contributed by atoms with Crippen molar-refractivity contribution in [3.8, 4) is 0 Å². The molecule has 94 valence electrons. The molecule has 2 atom stereocenters. The Morgan fingerprint density at radius 3 is 2.65 bits per heavy atom. The van der Waals surface area contributed by atoms with Crippen LogP contribution in [0, 0.1) is 0 Å². The van der Waals surface area contributed by atoms with Gasteiger partial charge in [-0.3, -0.25) is 4.79 Å². The first-order valence-corrected chi connectivity index (χ1v) is 8.95. The molecule has 4 heteroatoms. The van der Waals surface area contributed by atoms with Gasteiger partial charge in [-0.2, -0.15) is 11.8 Å². The molecule has 1 aliphatic heterocycles. The molecule has 2 unspecified atom stereocenters. The lowest BCUT2D eigenvalue weighted by molar-refractivity contribution is -0.117. The summed E-state index contributed by atoms with van der Waals surface area (Å²) in [6, 6.07) is 4.27. The lowest BCUT2D eigenvalue weighted by Gasteiger charge is -2.26. The standard InChI is InChI=1S/C13H18OS3/c1-3-10-4-5-11(17-10)8-12(14)13-9(2)15-6-7-16-13/h4-5,9,13H,3,6-8H2,1-2H3. The van der Waals surface area contributed by atoms with Crippen LogP contribution in [0.2, 0.25) is 0 Å². The molecule has 0 spiro atoms. The van der Waals surface area contributed by atoms with Crippen LogP contribution < -0.4 is 0 Å². The van der Waals surface area contributed by atoms with Crippen molar-refractivity contribution in [1.29, 1.82) is 0 Å². The van der Waals surface area contributed by atoms with Crippen LogP contribution in [-0.4, -0.2) is 27.8 Å². The van der Waals surface area contributed by atoms with E-state index in [1.54, 1.807) is 11.3 Å². The molecule has 2 heterocycles. The molecule has 0 bridgehead atoms.